The first-order valence-corrected chi connectivity index (χ1v) is 5.53. The molecule has 2 rings (SSSR count). The van der Waals surface area contributed by atoms with Crippen molar-refractivity contribution in [1.29, 1.82) is 0 Å². The Morgan fingerprint density at radius 1 is 1.42 bits per heavy atom. The van der Waals surface area contributed by atoms with Crippen LogP contribution in [0.25, 0.3) is 5.69 Å². The van der Waals surface area contributed by atoms with Gasteiger partial charge in [0.25, 0.3) is 5.69 Å². The van der Waals surface area contributed by atoms with Gasteiger partial charge in [-0.25, -0.2) is 9.48 Å². The molecule has 0 saturated heterocycles. The van der Waals surface area contributed by atoms with Gasteiger partial charge in [0, 0.05) is 12.1 Å². The topological polar surface area (TPSA) is 98.3 Å². The highest BCUT2D eigenvalue weighted by atomic mass is 35.5. The van der Waals surface area contributed by atoms with Gasteiger partial charge < -0.3 is 5.11 Å². The first-order chi connectivity index (χ1) is 8.91. The highest BCUT2D eigenvalue weighted by Gasteiger charge is 2.20. The van der Waals surface area contributed by atoms with Crippen LogP contribution in [-0.4, -0.2) is 25.8 Å². The van der Waals surface area contributed by atoms with Crippen LogP contribution in [0.4, 0.5) is 5.69 Å². The van der Waals surface area contributed by atoms with Gasteiger partial charge in [-0.3, -0.25) is 10.1 Å². The molecule has 2 aromatic rings. The fraction of sp³-hybridized carbons (Fsp3) is 0.0909. The van der Waals surface area contributed by atoms with Crippen molar-refractivity contribution in [1.82, 2.24) is 9.78 Å². The molecule has 0 aliphatic carbocycles. The van der Waals surface area contributed by atoms with E-state index in [0.717, 1.165) is 0 Å². The average molecular weight is 282 g/mol. The minimum atomic E-state index is -1.17. The van der Waals surface area contributed by atoms with Crippen molar-refractivity contribution in [3.8, 4) is 5.69 Å². The lowest BCUT2D eigenvalue weighted by Crippen LogP contribution is -1.99. The second kappa shape index (κ2) is 4.69. The van der Waals surface area contributed by atoms with Gasteiger partial charge in [-0.1, -0.05) is 11.6 Å². The summed E-state index contributed by atoms with van der Waals surface area (Å²) in [5.41, 5.74) is 0.573. The number of aromatic carboxylic acids is 1. The molecule has 1 heterocycles. The lowest BCUT2D eigenvalue weighted by Gasteiger charge is -2.02. The van der Waals surface area contributed by atoms with Crippen LogP contribution in [0.3, 0.4) is 0 Å². The van der Waals surface area contributed by atoms with E-state index >= 15 is 0 Å². The largest absolute Gasteiger partial charge is 0.478 e. The number of aromatic nitrogens is 2. The van der Waals surface area contributed by atoms with Crippen LogP contribution in [0.2, 0.25) is 5.15 Å². The summed E-state index contributed by atoms with van der Waals surface area (Å²) in [6, 6.07) is 5.48. The lowest BCUT2D eigenvalue weighted by atomic mass is 10.2. The average Bonchev–Trinajstić information content (AvgIpc) is 2.65. The predicted molar refractivity (Wildman–Crippen MR) is 66.9 cm³/mol. The van der Waals surface area contributed by atoms with Crippen molar-refractivity contribution in [3.05, 3.63) is 50.8 Å². The van der Waals surface area contributed by atoms with Gasteiger partial charge in [-0.15, -0.1) is 0 Å². The molecule has 0 spiro atoms. The van der Waals surface area contributed by atoms with Crippen LogP contribution >= 0.6 is 11.6 Å². The van der Waals surface area contributed by atoms with E-state index in [1.807, 2.05) is 0 Å². The van der Waals surface area contributed by atoms with Crippen molar-refractivity contribution in [3.63, 3.8) is 0 Å². The standard InChI is InChI=1S/C11H8ClN3O4/c1-6-9(11(16)17)10(12)14(13-6)7-2-4-8(5-3-7)15(18)19/h2-5H,1H3,(H,16,17). The number of benzene rings is 1. The first kappa shape index (κ1) is 13.0. The zero-order valence-corrected chi connectivity index (χ0v) is 10.5. The minimum Gasteiger partial charge on any atom is -0.478 e. The molecule has 19 heavy (non-hydrogen) atoms. The van der Waals surface area contributed by atoms with Crippen molar-refractivity contribution >= 4 is 23.3 Å². The van der Waals surface area contributed by atoms with Gasteiger partial charge >= 0.3 is 5.97 Å². The predicted octanol–water partition coefficient (Wildman–Crippen LogP) is 2.44. The molecule has 0 aliphatic rings. The van der Waals surface area contributed by atoms with E-state index in [9.17, 15) is 14.9 Å². The molecule has 98 valence electrons. The first-order valence-electron chi connectivity index (χ1n) is 5.15. The SMILES string of the molecule is Cc1nn(-c2ccc([N+](=O)[O-])cc2)c(Cl)c1C(=O)O. The zero-order chi connectivity index (χ0) is 14.2. The molecule has 0 atom stereocenters. The number of rotatable bonds is 3. The summed E-state index contributed by atoms with van der Waals surface area (Å²) in [6.45, 7) is 1.53. The van der Waals surface area contributed by atoms with E-state index in [1.165, 1.54) is 35.9 Å². The molecule has 0 saturated carbocycles. The van der Waals surface area contributed by atoms with Gasteiger partial charge in [0.1, 0.15) is 10.7 Å². The Bertz CT molecular complexity index is 663. The quantitative estimate of drug-likeness (QED) is 0.688. The van der Waals surface area contributed by atoms with Crippen LogP contribution in [0.5, 0.6) is 0 Å². The van der Waals surface area contributed by atoms with Crippen molar-refractivity contribution < 1.29 is 14.8 Å². The number of halogens is 1. The number of hydrogen-bond acceptors (Lipinski definition) is 4. The molecular weight excluding hydrogens is 274 g/mol. The molecule has 1 aromatic carbocycles. The monoisotopic (exact) mass is 281 g/mol. The third kappa shape index (κ3) is 2.27. The fourth-order valence-electron chi connectivity index (χ4n) is 1.63. The third-order valence-electron chi connectivity index (χ3n) is 2.52. The molecule has 0 fully saturated rings. The maximum atomic E-state index is 11.0. The molecule has 1 N–H and O–H groups in total. The summed E-state index contributed by atoms with van der Waals surface area (Å²) in [4.78, 5) is 21.0. The Balaban J connectivity index is 2.51. The summed E-state index contributed by atoms with van der Waals surface area (Å²) < 4.78 is 1.23. The van der Waals surface area contributed by atoms with Crippen LogP contribution in [0, 0.1) is 17.0 Å². The number of hydrogen-bond donors (Lipinski definition) is 1. The van der Waals surface area contributed by atoms with Crippen LogP contribution in [0.1, 0.15) is 16.1 Å². The highest BCUT2D eigenvalue weighted by molar-refractivity contribution is 6.32. The van der Waals surface area contributed by atoms with Crippen LogP contribution in [0.15, 0.2) is 24.3 Å². The van der Waals surface area contributed by atoms with Gasteiger partial charge in [0.15, 0.2) is 0 Å². The van der Waals surface area contributed by atoms with Gasteiger partial charge in [0.05, 0.1) is 16.3 Å². The summed E-state index contributed by atoms with van der Waals surface area (Å²) in [7, 11) is 0. The summed E-state index contributed by atoms with van der Waals surface area (Å²) >= 11 is 5.95. The number of aryl methyl sites for hydroxylation is 1. The molecule has 0 unspecified atom stereocenters. The van der Waals surface area contributed by atoms with Gasteiger partial charge in [0.2, 0.25) is 0 Å². The number of nitro groups is 1. The number of nitro benzene ring substituents is 1. The third-order valence-corrected chi connectivity index (χ3v) is 2.87. The molecule has 0 aliphatic heterocycles. The molecule has 7 nitrogen and oxygen atoms in total. The zero-order valence-electron chi connectivity index (χ0n) is 9.70. The molecule has 0 radical (unpaired) electrons. The van der Waals surface area contributed by atoms with E-state index in [2.05, 4.69) is 5.10 Å². The van der Waals surface area contributed by atoms with Gasteiger partial charge in [-0.05, 0) is 19.1 Å². The van der Waals surface area contributed by atoms with Crippen LogP contribution in [-0.2, 0) is 0 Å². The van der Waals surface area contributed by atoms with Crippen molar-refractivity contribution in [2.45, 2.75) is 6.92 Å². The van der Waals surface area contributed by atoms with E-state index in [4.69, 9.17) is 16.7 Å². The smallest absolute Gasteiger partial charge is 0.340 e. The van der Waals surface area contributed by atoms with E-state index < -0.39 is 10.9 Å². The highest BCUT2D eigenvalue weighted by Crippen LogP contribution is 2.24. The summed E-state index contributed by atoms with van der Waals surface area (Å²) in [5.74, 6) is -1.17. The number of carboxylic acid groups (broad SMARTS) is 1. The van der Waals surface area contributed by atoms with Crippen molar-refractivity contribution in [2.24, 2.45) is 0 Å². The number of carbonyl (C=O) groups is 1. The Labute approximate surface area is 112 Å². The minimum absolute atomic E-state index is 0.0427. The second-order valence-corrected chi connectivity index (χ2v) is 4.10. The molecule has 0 bridgehead atoms. The lowest BCUT2D eigenvalue weighted by molar-refractivity contribution is -0.384. The molecule has 0 amide bonds. The molecule has 8 heteroatoms. The summed E-state index contributed by atoms with van der Waals surface area (Å²) in [5, 5.41) is 23.5. The van der Waals surface area contributed by atoms with Crippen LogP contribution < -0.4 is 0 Å². The maximum Gasteiger partial charge on any atom is 0.340 e. The number of carboxylic acids is 1. The maximum absolute atomic E-state index is 11.0. The molecule has 1 aromatic heterocycles. The van der Waals surface area contributed by atoms with E-state index in [-0.39, 0.29) is 22.1 Å². The Morgan fingerprint density at radius 2 is 2.00 bits per heavy atom. The molecular formula is C11H8ClN3O4. The van der Waals surface area contributed by atoms with E-state index in [0.29, 0.717) is 5.69 Å². The Hall–Kier alpha value is -2.41. The van der Waals surface area contributed by atoms with Gasteiger partial charge in [-0.2, -0.15) is 5.10 Å². The second-order valence-electron chi connectivity index (χ2n) is 3.74. The van der Waals surface area contributed by atoms with E-state index in [1.54, 1.807) is 0 Å². The van der Waals surface area contributed by atoms with Crippen molar-refractivity contribution in [2.75, 3.05) is 0 Å². The number of non-ortho nitro benzene ring substituents is 1. The Morgan fingerprint density at radius 3 is 2.42 bits per heavy atom. The Kier molecular flexibility index (Phi) is 3.22. The normalized spacial score (nSPS) is 10.4. The number of nitrogens with zero attached hydrogens (tertiary/aromatic N) is 3. The summed E-state index contributed by atoms with van der Waals surface area (Å²) in [6.07, 6.45) is 0. The fourth-order valence-corrected chi connectivity index (χ4v) is 1.98.